The Hall–Kier alpha value is -3.00. The summed E-state index contributed by atoms with van der Waals surface area (Å²) in [6.07, 6.45) is 2.29. The van der Waals surface area contributed by atoms with E-state index in [0.29, 0.717) is 31.4 Å². The molecule has 1 amide bonds. The van der Waals surface area contributed by atoms with Crippen molar-refractivity contribution in [3.05, 3.63) is 59.9 Å². The standard InChI is InChI=1S/C23H24N4O3S/c1-26(14-16-7-10-19-20(13-16)30-12-11-29-19)21(28)15-31-23-25-24-22(17-8-9-17)27(23)18-5-3-2-4-6-18/h2-7,10,13,17H,8-9,11-12,14-15H2,1H3. The van der Waals surface area contributed by atoms with Gasteiger partial charge in [-0.1, -0.05) is 36.0 Å². The number of ether oxygens (including phenoxy) is 2. The predicted molar refractivity (Wildman–Crippen MR) is 118 cm³/mol. The Balaban J connectivity index is 1.25. The third-order valence-corrected chi connectivity index (χ3v) is 6.31. The average Bonchev–Trinajstić information content (AvgIpc) is 3.57. The number of carbonyl (C=O) groups excluding carboxylic acids is 1. The summed E-state index contributed by atoms with van der Waals surface area (Å²) >= 11 is 1.43. The highest BCUT2D eigenvalue weighted by Crippen LogP contribution is 2.41. The number of rotatable bonds is 7. The van der Waals surface area contributed by atoms with Gasteiger partial charge in [-0.15, -0.1) is 10.2 Å². The zero-order valence-electron chi connectivity index (χ0n) is 17.4. The van der Waals surface area contributed by atoms with E-state index in [1.54, 1.807) is 4.90 Å². The van der Waals surface area contributed by atoms with Gasteiger partial charge in [-0.3, -0.25) is 9.36 Å². The zero-order valence-corrected chi connectivity index (χ0v) is 18.2. The van der Waals surface area contributed by atoms with E-state index in [-0.39, 0.29) is 5.91 Å². The fourth-order valence-electron chi connectivity index (χ4n) is 3.59. The Labute approximate surface area is 185 Å². The molecular weight excluding hydrogens is 412 g/mol. The summed E-state index contributed by atoms with van der Waals surface area (Å²) in [5.41, 5.74) is 2.04. The van der Waals surface area contributed by atoms with Gasteiger partial charge < -0.3 is 14.4 Å². The molecule has 0 bridgehead atoms. The van der Waals surface area contributed by atoms with E-state index in [9.17, 15) is 4.79 Å². The monoisotopic (exact) mass is 436 g/mol. The van der Waals surface area contributed by atoms with Crippen LogP contribution < -0.4 is 9.47 Å². The van der Waals surface area contributed by atoms with Crippen LogP contribution in [-0.2, 0) is 11.3 Å². The highest BCUT2D eigenvalue weighted by Gasteiger charge is 2.31. The number of hydrogen-bond donors (Lipinski definition) is 0. The molecule has 31 heavy (non-hydrogen) atoms. The topological polar surface area (TPSA) is 69.5 Å². The van der Waals surface area contributed by atoms with E-state index >= 15 is 0 Å². The van der Waals surface area contributed by atoms with Crippen LogP contribution >= 0.6 is 11.8 Å². The number of fused-ring (bicyclic) bond motifs is 1. The van der Waals surface area contributed by atoms with E-state index in [4.69, 9.17) is 9.47 Å². The maximum Gasteiger partial charge on any atom is 0.233 e. The first-order valence-electron chi connectivity index (χ1n) is 10.4. The van der Waals surface area contributed by atoms with Crippen LogP contribution in [0.25, 0.3) is 5.69 Å². The summed E-state index contributed by atoms with van der Waals surface area (Å²) in [6.45, 7) is 1.62. The fourth-order valence-corrected chi connectivity index (χ4v) is 4.48. The molecule has 1 fully saturated rings. The van der Waals surface area contributed by atoms with Crippen molar-refractivity contribution in [1.29, 1.82) is 0 Å². The number of para-hydroxylation sites is 1. The van der Waals surface area contributed by atoms with Gasteiger partial charge in [0.05, 0.1) is 5.75 Å². The van der Waals surface area contributed by atoms with Crippen molar-refractivity contribution in [1.82, 2.24) is 19.7 Å². The van der Waals surface area contributed by atoms with Gasteiger partial charge in [0.25, 0.3) is 0 Å². The number of benzene rings is 2. The molecule has 160 valence electrons. The van der Waals surface area contributed by atoms with E-state index in [1.165, 1.54) is 11.8 Å². The number of amides is 1. The second-order valence-corrected chi connectivity index (χ2v) is 8.74. The lowest BCUT2D eigenvalue weighted by Crippen LogP contribution is -2.28. The molecule has 0 radical (unpaired) electrons. The van der Waals surface area contributed by atoms with Gasteiger partial charge in [0.15, 0.2) is 16.7 Å². The number of hydrogen-bond acceptors (Lipinski definition) is 6. The fraction of sp³-hybridized carbons (Fsp3) is 0.348. The van der Waals surface area contributed by atoms with Crippen molar-refractivity contribution in [2.75, 3.05) is 26.0 Å². The summed E-state index contributed by atoms with van der Waals surface area (Å²) in [7, 11) is 1.82. The minimum absolute atomic E-state index is 0.0375. The van der Waals surface area contributed by atoms with Crippen LogP contribution in [0.5, 0.6) is 11.5 Å². The Bertz CT molecular complexity index is 1080. The van der Waals surface area contributed by atoms with Gasteiger partial charge in [0, 0.05) is 25.2 Å². The molecule has 2 heterocycles. The Kier molecular flexibility index (Phi) is 5.55. The van der Waals surface area contributed by atoms with Crippen molar-refractivity contribution >= 4 is 17.7 Å². The molecule has 0 spiro atoms. The number of carbonyl (C=O) groups is 1. The zero-order chi connectivity index (χ0) is 21.2. The second-order valence-electron chi connectivity index (χ2n) is 7.80. The minimum atomic E-state index is 0.0375. The third-order valence-electron chi connectivity index (χ3n) is 5.39. The molecule has 1 saturated carbocycles. The molecule has 0 N–H and O–H groups in total. The highest BCUT2D eigenvalue weighted by atomic mass is 32.2. The molecule has 0 atom stereocenters. The lowest BCUT2D eigenvalue weighted by molar-refractivity contribution is -0.127. The van der Waals surface area contributed by atoms with Crippen molar-refractivity contribution in [2.24, 2.45) is 0 Å². The van der Waals surface area contributed by atoms with Crippen LogP contribution in [0.1, 0.15) is 30.1 Å². The van der Waals surface area contributed by atoms with Crippen LogP contribution in [0.15, 0.2) is 53.7 Å². The molecule has 7 nitrogen and oxygen atoms in total. The molecule has 0 unspecified atom stereocenters. The van der Waals surface area contributed by atoms with Gasteiger partial charge in [-0.25, -0.2) is 0 Å². The molecule has 3 aromatic rings. The minimum Gasteiger partial charge on any atom is -0.486 e. The lowest BCUT2D eigenvalue weighted by Gasteiger charge is -2.21. The number of thioether (sulfide) groups is 1. The SMILES string of the molecule is CN(Cc1ccc2c(c1)OCCO2)C(=O)CSc1nnc(C2CC2)n1-c1ccccc1. The van der Waals surface area contributed by atoms with Crippen molar-refractivity contribution < 1.29 is 14.3 Å². The summed E-state index contributed by atoms with van der Waals surface area (Å²) in [4.78, 5) is 14.5. The van der Waals surface area contributed by atoms with Gasteiger partial charge in [0.2, 0.25) is 5.91 Å². The van der Waals surface area contributed by atoms with Crippen molar-refractivity contribution in [3.8, 4) is 17.2 Å². The van der Waals surface area contributed by atoms with Crippen LogP contribution in [0.2, 0.25) is 0 Å². The third kappa shape index (κ3) is 4.39. The van der Waals surface area contributed by atoms with E-state index in [0.717, 1.165) is 46.6 Å². The first-order valence-corrected chi connectivity index (χ1v) is 11.4. The molecule has 1 aliphatic carbocycles. The molecule has 1 aromatic heterocycles. The molecule has 0 saturated heterocycles. The van der Waals surface area contributed by atoms with E-state index in [2.05, 4.69) is 26.9 Å². The Morgan fingerprint density at radius 3 is 2.65 bits per heavy atom. The molecule has 5 rings (SSSR count). The summed E-state index contributed by atoms with van der Waals surface area (Å²) in [5.74, 6) is 3.29. The van der Waals surface area contributed by atoms with E-state index in [1.807, 2.05) is 43.4 Å². The molecular formula is C23H24N4O3S. The normalized spacial score (nSPS) is 15.0. The summed E-state index contributed by atoms with van der Waals surface area (Å²) < 4.78 is 13.3. The maximum absolute atomic E-state index is 12.8. The maximum atomic E-state index is 12.8. The van der Waals surface area contributed by atoms with Gasteiger partial charge in [0.1, 0.15) is 19.0 Å². The molecule has 1 aliphatic heterocycles. The number of nitrogens with zero attached hydrogens (tertiary/aromatic N) is 4. The molecule has 8 heteroatoms. The second kappa shape index (κ2) is 8.63. The highest BCUT2D eigenvalue weighted by molar-refractivity contribution is 7.99. The van der Waals surface area contributed by atoms with Crippen LogP contribution in [0.4, 0.5) is 0 Å². The van der Waals surface area contributed by atoms with Gasteiger partial charge >= 0.3 is 0 Å². The first kappa shape index (κ1) is 19.9. The lowest BCUT2D eigenvalue weighted by atomic mass is 10.2. The first-order chi connectivity index (χ1) is 15.2. The summed E-state index contributed by atoms with van der Waals surface area (Å²) in [6, 6.07) is 15.9. The van der Waals surface area contributed by atoms with Crippen molar-refractivity contribution in [2.45, 2.75) is 30.5 Å². The predicted octanol–water partition coefficient (Wildman–Crippen LogP) is 3.67. The number of aromatic nitrogens is 3. The van der Waals surface area contributed by atoms with Crippen LogP contribution in [0, 0.1) is 0 Å². The van der Waals surface area contributed by atoms with Crippen LogP contribution in [0.3, 0.4) is 0 Å². The van der Waals surface area contributed by atoms with Gasteiger partial charge in [-0.05, 0) is 42.7 Å². The average molecular weight is 437 g/mol. The largest absolute Gasteiger partial charge is 0.486 e. The van der Waals surface area contributed by atoms with Crippen LogP contribution in [-0.4, -0.2) is 51.6 Å². The quantitative estimate of drug-likeness (QED) is 0.527. The molecule has 2 aromatic carbocycles. The van der Waals surface area contributed by atoms with E-state index < -0.39 is 0 Å². The smallest absolute Gasteiger partial charge is 0.233 e. The Morgan fingerprint density at radius 1 is 1.10 bits per heavy atom. The van der Waals surface area contributed by atoms with Crippen molar-refractivity contribution in [3.63, 3.8) is 0 Å². The molecule has 2 aliphatic rings. The van der Waals surface area contributed by atoms with Gasteiger partial charge in [-0.2, -0.15) is 0 Å². The Morgan fingerprint density at radius 2 is 1.87 bits per heavy atom. The summed E-state index contributed by atoms with van der Waals surface area (Å²) in [5, 5.41) is 9.58.